The summed E-state index contributed by atoms with van der Waals surface area (Å²) >= 11 is 8.35. The molecule has 68 valence electrons. The van der Waals surface area contributed by atoms with Gasteiger partial charge < -0.3 is 5.73 Å². The molecule has 0 aliphatic heterocycles. The third-order valence-corrected chi connectivity index (χ3v) is 4.64. The minimum Gasteiger partial charge on any atom is -0.366 e. The van der Waals surface area contributed by atoms with E-state index in [1.807, 2.05) is 6.07 Å². The van der Waals surface area contributed by atoms with Gasteiger partial charge in [-0.15, -0.1) is 16.4 Å². The van der Waals surface area contributed by atoms with Crippen LogP contribution in [-0.2, 0) is 0 Å². The Morgan fingerprint density at radius 3 is 2.69 bits per heavy atom. The van der Waals surface area contributed by atoms with E-state index in [9.17, 15) is 0 Å². The van der Waals surface area contributed by atoms with Crippen LogP contribution in [-0.4, -0.2) is 15.2 Å². The van der Waals surface area contributed by atoms with Crippen molar-refractivity contribution < 1.29 is 0 Å². The molecule has 2 aromatic heterocycles. The number of nitrogens with two attached hydrogens (primary N) is 1. The Kier molecular flexibility index (Phi) is 2.39. The molecule has 2 heterocycles. The van der Waals surface area contributed by atoms with Crippen molar-refractivity contribution >= 4 is 49.1 Å². The minimum absolute atomic E-state index is 0.260. The van der Waals surface area contributed by atoms with Gasteiger partial charge in [0.15, 0.2) is 5.82 Å². The number of thiophene rings is 1. The Labute approximate surface area is 94.8 Å². The van der Waals surface area contributed by atoms with E-state index in [2.05, 4.69) is 47.0 Å². The normalized spacial score (nSPS) is 10.6. The quantitative estimate of drug-likeness (QED) is 0.847. The average molecular weight is 324 g/mol. The first-order valence-corrected chi connectivity index (χ1v) is 5.70. The second kappa shape index (κ2) is 3.39. The van der Waals surface area contributed by atoms with Crippen molar-refractivity contribution in [3.05, 3.63) is 14.3 Å². The molecular weight excluding hydrogens is 320 g/mol. The standard InChI is InChI=1S/C6H4Br2N4S/c7-2-1-3(13-4(2)8)5-10-6(9)12-11-5/h1H,(H3,9,10,11,12). The molecule has 13 heavy (non-hydrogen) atoms. The molecule has 0 fully saturated rings. The first kappa shape index (κ1) is 9.17. The lowest BCUT2D eigenvalue weighted by Gasteiger charge is -1.84. The van der Waals surface area contributed by atoms with E-state index in [1.165, 1.54) is 0 Å². The molecule has 0 aliphatic rings. The third-order valence-electron chi connectivity index (χ3n) is 1.38. The predicted molar refractivity (Wildman–Crippen MR) is 59.5 cm³/mol. The van der Waals surface area contributed by atoms with E-state index < -0.39 is 0 Å². The molecule has 0 atom stereocenters. The smallest absolute Gasteiger partial charge is 0.239 e. The number of aromatic nitrogens is 3. The van der Waals surface area contributed by atoms with Gasteiger partial charge in [0.2, 0.25) is 5.95 Å². The van der Waals surface area contributed by atoms with Gasteiger partial charge in [-0.2, -0.15) is 4.98 Å². The van der Waals surface area contributed by atoms with E-state index in [-0.39, 0.29) is 5.95 Å². The second-order valence-electron chi connectivity index (χ2n) is 2.27. The number of hydrogen-bond donors (Lipinski definition) is 2. The van der Waals surface area contributed by atoms with Crippen LogP contribution in [0.5, 0.6) is 0 Å². The van der Waals surface area contributed by atoms with E-state index in [4.69, 9.17) is 5.73 Å². The van der Waals surface area contributed by atoms with Gasteiger partial charge in [0.1, 0.15) is 0 Å². The summed E-state index contributed by atoms with van der Waals surface area (Å²) in [5.74, 6) is 0.949. The Morgan fingerprint density at radius 1 is 1.46 bits per heavy atom. The zero-order chi connectivity index (χ0) is 9.42. The molecule has 0 unspecified atom stereocenters. The predicted octanol–water partition coefficient (Wildman–Crippen LogP) is 2.64. The summed E-state index contributed by atoms with van der Waals surface area (Å²) in [5.41, 5.74) is 5.39. The first-order chi connectivity index (χ1) is 6.16. The van der Waals surface area contributed by atoms with Gasteiger partial charge in [0.05, 0.1) is 8.66 Å². The molecule has 3 N–H and O–H groups in total. The van der Waals surface area contributed by atoms with Gasteiger partial charge in [0.25, 0.3) is 0 Å². The van der Waals surface area contributed by atoms with Crippen LogP contribution in [0.25, 0.3) is 10.7 Å². The van der Waals surface area contributed by atoms with E-state index in [0.29, 0.717) is 5.82 Å². The second-order valence-corrected chi connectivity index (χ2v) is 5.50. The largest absolute Gasteiger partial charge is 0.366 e. The number of nitrogen functional groups attached to an aromatic ring is 1. The van der Waals surface area contributed by atoms with Gasteiger partial charge in [-0.3, -0.25) is 5.10 Å². The number of aromatic amines is 1. The van der Waals surface area contributed by atoms with Crippen molar-refractivity contribution in [2.24, 2.45) is 0 Å². The molecule has 2 aromatic rings. The minimum atomic E-state index is 0.260. The van der Waals surface area contributed by atoms with E-state index >= 15 is 0 Å². The molecule has 0 bridgehead atoms. The Balaban J connectivity index is 2.46. The number of nitrogens with zero attached hydrogens (tertiary/aromatic N) is 2. The molecule has 2 rings (SSSR count). The Hall–Kier alpha value is -0.400. The van der Waals surface area contributed by atoms with Crippen molar-refractivity contribution in [1.29, 1.82) is 0 Å². The molecule has 0 saturated carbocycles. The lowest BCUT2D eigenvalue weighted by Crippen LogP contribution is -1.84. The SMILES string of the molecule is Nc1n[nH]c(-c2cc(Br)c(Br)s2)n1. The topological polar surface area (TPSA) is 67.6 Å². The van der Waals surface area contributed by atoms with Crippen molar-refractivity contribution in [2.45, 2.75) is 0 Å². The lowest BCUT2D eigenvalue weighted by molar-refractivity contribution is 1.11. The molecule has 0 aromatic carbocycles. The van der Waals surface area contributed by atoms with Crippen LogP contribution in [0.3, 0.4) is 0 Å². The van der Waals surface area contributed by atoms with Crippen LogP contribution in [0.2, 0.25) is 0 Å². The Bertz CT molecular complexity index is 416. The van der Waals surface area contributed by atoms with Gasteiger partial charge in [-0.1, -0.05) is 0 Å². The van der Waals surface area contributed by atoms with Crippen LogP contribution in [0.1, 0.15) is 0 Å². The highest BCUT2D eigenvalue weighted by Gasteiger charge is 2.09. The number of anilines is 1. The number of hydrogen-bond acceptors (Lipinski definition) is 4. The first-order valence-electron chi connectivity index (χ1n) is 3.30. The maximum atomic E-state index is 5.39. The molecule has 7 heteroatoms. The highest BCUT2D eigenvalue weighted by Crippen LogP contribution is 2.36. The van der Waals surface area contributed by atoms with Crippen molar-refractivity contribution in [3.63, 3.8) is 0 Å². The summed E-state index contributed by atoms with van der Waals surface area (Å²) in [6.07, 6.45) is 0. The number of nitrogens with one attached hydrogen (secondary N) is 1. The summed E-state index contributed by atoms with van der Waals surface area (Å²) in [4.78, 5) is 5.00. The zero-order valence-electron chi connectivity index (χ0n) is 6.21. The summed E-state index contributed by atoms with van der Waals surface area (Å²) in [6.45, 7) is 0. The van der Waals surface area contributed by atoms with Crippen LogP contribution in [0.15, 0.2) is 14.3 Å². The maximum Gasteiger partial charge on any atom is 0.239 e. The van der Waals surface area contributed by atoms with Gasteiger partial charge in [-0.05, 0) is 37.9 Å². The summed E-state index contributed by atoms with van der Waals surface area (Å²) < 4.78 is 2.03. The summed E-state index contributed by atoms with van der Waals surface area (Å²) in [5, 5.41) is 6.49. The highest BCUT2D eigenvalue weighted by molar-refractivity contribution is 9.13. The molecule has 0 saturated heterocycles. The molecule has 0 radical (unpaired) electrons. The van der Waals surface area contributed by atoms with Crippen molar-refractivity contribution in [3.8, 4) is 10.7 Å². The highest BCUT2D eigenvalue weighted by atomic mass is 79.9. The summed E-state index contributed by atoms with van der Waals surface area (Å²) in [7, 11) is 0. The molecule has 4 nitrogen and oxygen atoms in total. The maximum absolute atomic E-state index is 5.39. The fourth-order valence-corrected chi connectivity index (χ4v) is 2.82. The van der Waals surface area contributed by atoms with Gasteiger partial charge >= 0.3 is 0 Å². The summed E-state index contributed by atoms with van der Waals surface area (Å²) in [6, 6.07) is 1.95. The average Bonchev–Trinajstić information content (AvgIpc) is 2.61. The van der Waals surface area contributed by atoms with Crippen molar-refractivity contribution in [2.75, 3.05) is 5.73 Å². The van der Waals surface area contributed by atoms with E-state index in [1.54, 1.807) is 11.3 Å². The number of H-pyrrole nitrogens is 1. The Morgan fingerprint density at radius 2 is 2.23 bits per heavy atom. The van der Waals surface area contributed by atoms with Crippen LogP contribution in [0, 0.1) is 0 Å². The fourth-order valence-electron chi connectivity index (χ4n) is 0.848. The van der Waals surface area contributed by atoms with Crippen molar-refractivity contribution in [1.82, 2.24) is 15.2 Å². The molecule has 0 amide bonds. The van der Waals surface area contributed by atoms with Crippen LogP contribution in [0.4, 0.5) is 5.95 Å². The third kappa shape index (κ3) is 1.77. The molecular formula is C6H4Br2N4S. The zero-order valence-corrected chi connectivity index (χ0v) is 10.2. The van der Waals surface area contributed by atoms with Gasteiger partial charge in [-0.25, -0.2) is 0 Å². The van der Waals surface area contributed by atoms with Crippen LogP contribution < -0.4 is 5.73 Å². The molecule has 0 aliphatic carbocycles. The number of halogens is 2. The number of rotatable bonds is 1. The fraction of sp³-hybridized carbons (Fsp3) is 0. The molecule has 0 spiro atoms. The van der Waals surface area contributed by atoms with Gasteiger partial charge in [0, 0.05) is 4.47 Å². The van der Waals surface area contributed by atoms with E-state index in [0.717, 1.165) is 13.1 Å². The van der Waals surface area contributed by atoms with Crippen LogP contribution >= 0.6 is 43.2 Å². The monoisotopic (exact) mass is 322 g/mol. The lowest BCUT2D eigenvalue weighted by atomic mass is 10.4.